The van der Waals surface area contributed by atoms with E-state index in [2.05, 4.69) is 26.1 Å². The fraction of sp³-hybridized carbons (Fsp3) is 0.923. The van der Waals surface area contributed by atoms with Gasteiger partial charge in [-0.25, -0.2) is 0 Å². The first-order valence-corrected chi connectivity index (χ1v) is 6.62. The van der Waals surface area contributed by atoms with Crippen LogP contribution in [0.4, 0.5) is 0 Å². The minimum absolute atomic E-state index is 0.00898. The second-order valence-corrected chi connectivity index (χ2v) is 5.32. The van der Waals surface area contributed by atoms with Crippen molar-refractivity contribution in [3.63, 3.8) is 0 Å². The summed E-state index contributed by atoms with van der Waals surface area (Å²) in [5.41, 5.74) is 0. The van der Waals surface area contributed by atoms with Gasteiger partial charge in [0.2, 0.25) is 5.91 Å². The van der Waals surface area contributed by atoms with Crippen molar-refractivity contribution in [3.8, 4) is 0 Å². The van der Waals surface area contributed by atoms with Crippen LogP contribution in [0.1, 0.15) is 27.2 Å². The summed E-state index contributed by atoms with van der Waals surface area (Å²) in [6.07, 6.45) is 1.08. The third-order valence-corrected chi connectivity index (χ3v) is 3.07. The number of nitrogens with zero attached hydrogens (tertiary/aromatic N) is 1. The molecule has 0 aromatic heterocycles. The summed E-state index contributed by atoms with van der Waals surface area (Å²) in [5.74, 6) is 0.712. The number of carbonyl (C=O) groups excluding carboxylic acids is 1. The van der Waals surface area contributed by atoms with Gasteiger partial charge in [0.25, 0.3) is 0 Å². The van der Waals surface area contributed by atoms with Crippen molar-refractivity contribution in [2.75, 3.05) is 33.4 Å². The Morgan fingerprint density at radius 3 is 2.76 bits per heavy atom. The first kappa shape index (κ1) is 14.5. The highest BCUT2D eigenvalue weighted by atomic mass is 16.5. The summed E-state index contributed by atoms with van der Waals surface area (Å²) < 4.78 is 5.43. The molecule has 4 nitrogen and oxygen atoms in total. The number of carbonyl (C=O) groups is 1. The zero-order chi connectivity index (χ0) is 12.8. The van der Waals surface area contributed by atoms with Crippen molar-refractivity contribution in [1.29, 1.82) is 0 Å². The lowest BCUT2D eigenvalue weighted by atomic mass is 10.0. The van der Waals surface area contributed by atoms with E-state index >= 15 is 0 Å². The Balaban J connectivity index is 2.48. The van der Waals surface area contributed by atoms with Crippen LogP contribution in [0.5, 0.6) is 0 Å². The minimum Gasteiger partial charge on any atom is -0.379 e. The van der Waals surface area contributed by atoms with E-state index in [0.29, 0.717) is 19.1 Å². The van der Waals surface area contributed by atoms with E-state index < -0.39 is 0 Å². The van der Waals surface area contributed by atoms with Gasteiger partial charge in [0.05, 0.1) is 19.1 Å². The van der Waals surface area contributed by atoms with Crippen molar-refractivity contribution in [2.45, 2.75) is 33.2 Å². The summed E-state index contributed by atoms with van der Waals surface area (Å²) in [4.78, 5) is 14.1. The first-order chi connectivity index (χ1) is 8.06. The summed E-state index contributed by atoms with van der Waals surface area (Å²) in [5, 5.41) is 3.40. The molecule has 1 aliphatic heterocycles. The molecular formula is C13H26N2O2. The van der Waals surface area contributed by atoms with Gasteiger partial charge >= 0.3 is 0 Å². The van der Waals surface area contributed by atoms with Crippen LogP contribution in [0.3, 0.4) is 0 Å². The molecule has 2 unspecified atom stereocenters. The summed E-state index contributed by atoms with van der Waals surface area (Å²) in [7, 11) is 1.89. The molecule has 1 fully saturated rings. The number of nitrogens with one attached hydrogen (secondary N) is 1. The molecule has 0 spiro atoms. The topological polar surface area (TPSA) is 41.6 Å². The van der Waals surface area contributed by atoms with E-state index in [1.165, 1.54) is 0 Å². The molecule has 4 heteroatoms. The minimum atomic E-state index is -0.00898. The predicted molar refractivity (Wildman–Crippen MR) is 68.9 cm³/mol. The van der Waals surface area contributed by atoms with Crippen LogP contribution < -0.4 is 5.32 Å². The van der Waals surface area contributed by atoms with Gasteiger partial charge in [-0.05, 0) is 18.9 Å². The average Bonchev–Trinajstić information content (AvgIpc) is 2.72. The molecule has 1 heterocycles. The van der Waals surface area contributed by atoms with Crippen molar-refractivity contribution in [3.05, 3.63) is 0 Å². The van der Waals surface area contributed by atoms with Gasteiger partial charge in [0.15, 0.2) is 0 Å². The molecule has 2 atom stereocenters. The van der Waals surface area contributed by atoms with E-state index in [-0.39, 0.29) is 17.9 Å². The van der Waals surface area contributed by atoms with Gasteiger partial charge < -0.3 is 15.0 Å². The number of hydrogen-bond acceptors (Lipinski definition) is 3. The molecule has 0 radical (unpaired) electrons. The fourth-order valence-electron chi connectivity index (χ4n) is 2.25. The Morgan fingerprint density at radius 1 is 1.47 bits per heavy atom. The Kier molecular flexibility index (Phi) is 5.92. The van der Waals surface area contributed by atoms with Crippen LogP contribution in [-0.2, 0) is 9.53 Å². The Morgan fingerprint density at radius 2 is 2.18 bits per heavy atom. The maximum absolute atomic E-state index is 12.3. The number of amides is 1. The third-order valence-electron chi connectivity index (χ3n) is 3.07. The summed E-state index contributed by atoms with van der Waals surface area (Å²) in [6, 6.07) is 0.192. The van der Waals surface area contributed by atoms with Gasteiger partial charge in [0, 0.05) is 19.6 Å². The highest BCUT2D eigenvalue weighted by Gasteiger charge is 2.35. The van der Waals surface area contributed by atoms with Gasteiger partial charge in [-0.1, -0.05) is 20.8 Å². The van der Waals surface area contributed by atoms with Gasteiger partial charge in [-0.2, -0.15) is 0 Å². The second-order valence-electron chi connectivity index (χ2n) is 5.32. The average molecular weight is 242 g/mol. The summed E-state index contributed by atoms with van der Waals surface area (Å²) in [6.45, 7) is 9.37. The van der Waals surface area contributed by atoms with E-state index in [1.807, 2.05) is 11.9 Å². The summed E-state index contributed by atoms with van der Waals surface area (Å²) >= 11 is 0. The molecule has 1 aliphatic rings. The molecule has 100 valence electrons. The monoisotopic (exact) mass is 242 g/mol. The van der Waals surface area contributed by atoms with E-state index in [0.717, 1.165) is 19.5 Å². The van der Waals surface area contributed by atoms with Crippen LogP contribution in [0, 0.1) is 11.8 Å². The molecular weight excluding hydrogens is 216 g/mol. The molecule has 1 amide bonds. The van der Waals surface area contributed by atoms with Gasteiger partial charge in [-0.3, -0.25) is 4.79 Å². The highest BCUT2D eigenvalue weighted by Crippen LogP contribution is 2.17. The van der Waals surface area contributed by atoms with Crippen LogP contribution in [0.15, 0.2) is 0 Å². The third kappa shape index (κ3) is 4.28. The number of hydrogen-bond donors (Lipinski definition) is 1. The van der Waals surface area contributed by atoms with E-state index in [4.69, 9.17) is 4.74 Å². The maximum Gasteiger partial charge on any atom is 0.229 e. The van der Waals surface area contributed by atoms with Crippen LogP contribution in [-0.4, -0.2) is 50.2 Å². The molecule has 0 aromatic rings. The number of rotatable bonds is 6. The molecule has 17 heavy (non-hydrogen) atoms. The van der Waals surface area contributed by atoms with E-state index in [9.17, 15) is 4.79 Å². The van der Waals surface area contributed by atoms with E-state index in [1.54, 1.807) is 0 Å². The Bertz CT molecular complexity index is 244. The Labute approximate surface area is 105 Å². The Hall–Kier alpha value is -0.610. The van der Waals surface area contributed by atoms with Crippen molar-refractivity contribution >= 4 is 5.91 Å². The molecule has 0 bridgehead atoms. The number of ether oxygens (including phenoxy) is 1. The molecule has 0 aromatic carbocycles. The van der Waals surface area contributed by atoms with Crippen LogP contribution >= 0.6 is 0 Å². The normalized spacial score (nSPS) is 24.3. The lowest BCUT2D eigenvalue weighted by molar-refractivity contribution is -0.135. The van der Waals surface area contributed by atoms with Gasteiger partial charge in [0.1, 0.15) is 0 Å². The lowest BCUT2D eigenvalue weighted by Gasteiger charge is -2.25. The fourth-order valence-corrected chi connectivity index (χ4v) is 2.25. The molecule has 0 saturated carbocycles. The smallest absolute Gasteiger partial charge is 0.229 e. The SMILES string of the molecule is CCCNC1COCC1C(=O)N(C)CC(C)C. The molecule has 0 aliphatic carbocycles. The zero-order valence-electron chi connectivity index (χ0n) is 11.5. The zero-order valence-corrected chi connectivity index (χ0v) is 11.5. The lowest BCUT2D eigenvalue weighted by Crippen LogP contribution is -2.45. The second kappa shape index (κ2) is 6.97. The van der Waals surface area contributed by atoms with Crippen molar-refractivity contribution in [2.24, 2.45) is 11.8 Å². The largest absolute Gasteiger partial charge is 0.379 e. The molecule has 1 N–H and O–H groups in total. The first-order valence-electron chi connectivity index (χ1n) is 6.62. The van der Waals surface area contributed by atoms with Crippen molar-refractivity contribution in [1.82, 2.24) is 10.2 Å². The van der Waals surface area contributed by atoms with Gasteiger partial charge in [-0.15, -0.1) is 0 Å². The van der Waals surface area contributed by atoms with Crippen LogP contribution in [0.25, 0.3) is 0 Å². The van der Waals surface area contributed by atoms with Crippen molar-refractivity contribution < 1.29 is 9.53 Å². The quantitative estimate of drug-likeness (QED) is 0.759. The van der Waals surface area contributed by atoms with Crippen LogP contribution in [0.2, 0.25) is 0 Å². The molecule has 1 rings (SSSR count). The predicted octanol–water partition coefficient (Wildman–Crippen LogP) is 1.12. The molecule has 1 saturated heterocycles. The maximum atomic E-state index is 12.3. The standard InChI is InChI=1S/C13H26N2O2/c1-5-6-14-12-9-17-8-11(12)13(16)15(4)7-10(2)3/h10-12,14H,5-9H2,1-4H3. The highest BCUT2D eigenvalue weighted by molar-refractivity contribution is 5.79.